The third-order valence-electron chi connectivity index (χ3n) is 14.6. The molecule has 89 heavy (non-hydrogen) atoms. The summed E-state index contributed by atoms with van der Waals surface area (Å²) >= 11 is 2.13. The molecule has 5 aromatic rings. The molecule has 0 fully saturated rings. The zero-order valence-corrected chi connectivity index (χ0v) is 55.7. The van der Waals surface area contributed by atoms with E-state index in [1.54, 1.807) is 48.5 Å². The van der Waals surface area contributed by atoms with Crippen LogP contribution in [-0.2, 0) is 60.9 Å². The van der Waals surface area contributed by atoms with Gasteiger partial charge in [0.2, 0.25) is 53.2 Å². The summed E-state index contributed by atoms with van der Waals surface area (Å²) in [5.74, 6) is -5.98. The Bertz CT molecular complexity index is 3260. The Hall–Kier alpha value is -8.65. The third-order valence-corrected chi connectivity index (χ3v) is 20.3. The second-order valence-electron chi connectivity index (χ2n) is 23.8. The Kier molecular flexibility index (Phi) is 25.2. The van der Waals surface area contributed by atoms with Crippen molar-refractivity contribution in [2.24, 2.45) is 0 Å². The molecule has 0 saturated heterocycles. The number of anilines is 1. The molecular formula is C65H83IN10O12Si. The zero-order valence-electron chi connectivity index (χ0n) is 52.5. The van der Waals surface area contributed by atoms with Crippen LogP contribution in [0.5, 0.6) is 5.75 Å². The highest BCUT2D eigenvalue weighted by Crippen LogP contribution is 2.38. The predicted molar refractivity (Wildman–Crippen MR) is 350 cm³/mol. The van der Waals surface area contributed by atoms with E-state index in [-0.39, 0.29) is 18.1 Å². The van der Waals surface area contributed by atoms with Crippen molar-refractivity contribution in [1.82, 2.24) is 47.9 Å². The lowest BCUT2D eigenvalue weighted by Crippen LogP contribution is -2.68. The summed E-state index contributed by atoms with van der Waals surface area (Å²) in [6, 6.07) is 35.2. The second-order valence-corrected chi connectivity index (χ2v) is 29.2. The standard InChI is InChI=1S/C65H83IN10O12Si/c1-39(53(77)67-40(2)54(78)70-44(6)58(82)75-64(11,12)60(84)71-42(4)55(79)69-41(3)57(81)74-49-33-31-48(66)32-34-49)68-56(80)43(5)72-61(85)65(13,76-59(83)45(7)73-62(86)87-38-47-23-17-14-18-24-47)37-46-29-35-50(36-30-46)88-89(63(8,9)10,51-25-19-15-20-26-51)52-27-21-16-22-28-52/h14-36,39-45H,37-38H2,1-13H3,(H,67,77)(H,68,80)(H,69,79)(H,70,78)(H,71,84)(H,72,85)(H,73,86)(H,74,81)(H,75,82)(H,76,83). The van der Waals surface area contributed by atoms with E-state index in [4.69, 9.17) is 9.16 Å². The van der Waals surface area contributed by atoms with E-state index >= 15 is 0 Å². The molecule has 5 rings (SSSR count). The monoisotopic (exact) mass is 1350 g/mol. The van der Waals surface area contributed by atoms with Gasteiger partial charge in [0.1, 0.15) is 65.7 Å². The highest BCUT2D eigenvalue weighted by molar-refractivity contribution is 14.1. The molecule has 22 nitrogen and oxygen atoms in total. The van der Waals surface area contributed by atoms with Gasteiger partial charge in [-0.25, -0.2) is 4.79 Å². The van der Waals surface area contributed by atoms with E-state index in [0.29, 0.717) is 17.0 Å². The van der Waals surface area contributed by atoms with Crippen molar-refractivity contribution in [2.45, 2.75) is 161 Å². The van der Waals surface area contributed by atoms with Crippen LogP contribution in [0.3, 0.4) is 0 Å². The van der Waals surface area contributed by atoms with Gasteiger partial charge >= 0.3 is 14.4 Å². The van der Waals surface area contributed by atoms with E-state index in [2.05, 4.69) is 121 Å². The normalized spacial score (nSPS) is 14.5. The fourth-order valence-electron chi connectivity index (χ4n) is 9.21. The van der Waals surface area contributed by atoms with Gasteiger partial charge in [0.25, 0.3) is 0 Å². The van der Waals surface area contributed by atoms with Gasteiger partial charge < -0.3 is 62.3 Å². The van der Waals surface area contributed by atoms with Crippen molar-refractivity contribution in [3.05, 3.63) is 154 Å². The van der Waals surface area contributed by atoms with E-state index in [9.17, 15) is 47.9 Å². The Balaban J connectivity index is 1.19. The average Bonchev–Trinajstić information content (AvgIpc) is 0.812. The molecule has 0 aromatic heterocycles. The Morgan fingerprint density at radius 1 is 0.427 bits per heavy atom. The molecule has 476 valence electrons. The van der Waals surface area contributed by atoms with Crippen molar-refractivity contribution in [3.8, 4) is 5.75 Å². The zero-order chi connectivity index (χ0) is 66.0. The minimum Gasteiger partial charge on any atom is -0.534 e. The summed E-state index contributed by atoms with van der Waals surface area (Å²) in [6.45, 7) is 20.5. The average molecular weight is 1350 g/mol. The smallest absolute Gasteiger partial charge is 0.408 e. The van der Waals surface area contributed by atoms with Gasteiger partial charge in [-0.2, -0.15) is 0 Å². The predicted octanol–water partition coefficient (Wildman–Crippen LogP) is 4.52. The molecule has 0 saturated carbocycles. The summed E-state index contributed by atoms with van der Waals surface area (Å²) in [6.07, 6.45) is -0.974. The minimum absolute atomic E-state index is 0.0537. The number of carbonyl (C=O) groups is 10. The summed E-state index contributed by atoms with van der Waals surface area (Å²) in [4.78, 5) is 134. The SMILES string of the molecule is CC(NC(=O)OCc1ccccc1)C(=O)NC(C)(Cc1ccc(O[Si](c2ccccc2)(c2ccccc2)C(C)(C)C)cc1)C(=O)NC(C)C(=O)NC(C)C(=O)NC(C)C(=O)NC(C)C(=O)NC(C)(C)C(=O)NC(C)C(=O)NC(C)C(=O)Nc1ccc(I)cc1. The highest BCUT2D eigenvalue weighted by Gasteiger charge is 2.52. The maximum absolute atomic E-state index is 14.5. The van der Waals surface area contributed by atoms with Gasteiger partial charge in [-0.05, 0) is 155 Å². The summed E-state index contributed by atoms with van der Waals surface area (Å²) in [5, 5.41) is 27.6. The molecule has 10 amide bonds. The highest BCUT2D eigenvalue weighted by atomic mass is 127. The fraction of sp³-hybridized carbons (Fsp3) is 0.385. The lowest BCUT2D eigenvalue weighted by Gasteiger charge is -2.43. The molecule has 10 N–H and O–H groups in total. The Morgan fingerprint density at radius 2 is 0.820 bits per heavy atom. The molecule has 24 heteroatoms. The maximum Gasteiger partial charge on any atom is 0.408 e. The maximum atomic E-state index is 14.5. The molecular weight excluding hydrogens is 1270 g/mol. The van der Waals surface area contributed by atoms with Gasteiger partial charge in [0.05, 0.1) is 0 Å². The molecule has 0 spiro atoms. The quantitative estimate of drug-likeness (QED) is 0.0256. The molecule has 0 aliphatic carbocycles. The van der Waals surface area contributed by atoms with Crippen molar-refractivity contribution < 1.29 is 57.1 Å². The molecule has 5 aromatic carbocycles. The number of hydrogen-bond donors (Lipinski definition) is 10. The van der Waals surface area contributed by atoms with Crippen LogP contribution < -0.4 is 68.0 Å². The Labute approximate surface area is 535 Å². The van der Waals surface area contributed by atoms with Crippen molar-refractivity contribution in [2.75, 3.05) is 5.32 Å². The first-order valence-electron chi connectivity index (χ1n) is 29.1. The lowest BCUT2D eigenvalue weighted by molar-refractivity contribution is -0.137. The van der Waals surface area contributed by atoms with Gasteiger partial charge in [0, 0.05) is 15.7 Å². The largest absolute Gasteiger partial charge is 0.534 e. The molecule has 8 unspecified atom stereocenters. The number of halogens is 1. The first-order valence-corrected chi connectivity index (χ1v) is 32.1. The lowest BCUT2D eigenvalue weighted by atomic mass is 9.90. The number of benzene rings is 5. The number of rotatable bonds is 27. The molecule has 0 radical (unpaired) electrons. The number of alkyl carbamates (subject to hydrolysis) is 1. The van der Waals surface area contributed by atoms with E-state index in [1.165, 1.54) is 69.2 Å². The Morgan fingerprint density at radius 3 is 1.28 bits per heavy atom. The van der Waals surface area contributed by atoms with Gasteiger partial charge in [-0.3, -0.25) is 43.2 Å². The van der Waals surface area contributed by atoms with Crippen LogP contribution in [-0.4, -0.2) is 121 Å². The first kappa shape index (κ1) is 71.1. The summed E-state index contributed by atoms with van der Waals surface area (Å²) in [5.41, 5.74) is -1.49. The third kappa shape index (κ3) is 20.2. The summed E-state index contributed by atoms with van der Waals surface area (Å²) in [7, 11) is -3.03. The molecule has 0 aliphatic heterocycles. The second kappa shape index (κ2) is 31.5. The van der Waals surface area contributed by atoms with Crippen LogP contribution in [0.25, 0.3) is 0 Å². The van der Waals surface area contributed by atoms with Crippen molar-refractivity contribution >= 4 is 106 Å². The minimum atomic E-state index is -3.03. The molecule has 0 heterocycles. The van der Waals surface area contributed by atoms with E-state index in [1.807, 2.05) is 66.7 Å². The van der Waals surface area contributed by atoms with Crippen LogP contribution in [0, 0.1) is 3.57 Å². The van der Waals surface area contributed by atoms with Gasteiger partial charge in [-0.15, -0.1) is 0 Å². The number of carbonyl (C=O) groups excluding carboxylic acids is 10. The van der Waals surface area contributed by atoms with Crippen LogP contribution in [0.1, 0.15) is 101 Å². The van der Waals surface area contributed by atoms with Crippen LogP contribution >= 0.6 is 22.6 Å². The number of ether oxygens (including phenoxy) is 1. The van der Waals surface area contributed by atoms with Crippen LogP contribution in [0.15, 0.2) is 140 Å². The first-order chi connectivity index (χ1) is 41.7. The summed E-state index contributed by atoms with van der Waals surface area (Å²) < 4.78 is 13.5. The topological polar surface area (TPSA) is 309 Å². The number of nitrogens with one attached hydrogen (secondary N) is 10. The van der Waals surface area contributed by atoms with Gasteiger partial charge in [-0.1, -0.05) is 124 Å². The number of hydrogen-bond acceptors (Lipinski definition) is 12. The number of amides is 10. The van der Waals surface area contributed by atoms with Crippen molar-refractivity contribution in [3.63, 3.8) is 0 Å². The molecule has 0 bridgehead atoms. The van der Waals surface area contributed by atoms with Crippen LogP contribution in [0.4, 0.5) is 10.5 Å². The van der Waals surface area contributed by atoms with Crippen LogP contribution in [0.2, 0.25) is 5.04 Å². The van der Waals surface area contributed by atoms with E-state index in [0.717, 1.165) is 19.5 Å². The fourth-order valence-corrected chi connectivity index (χ4v) is 14.0. The van der Waals surface area contributed by atoms with E-state index < -0.39 is 121 Å². The molecule has 0 aliphatic rings. The van der Waals surface area contributed by atoms with Gasteiger partial charge in [0.15, 0.2) is 0 Å². The molecule has 8 atom stereocenters. The van der Waals surface area contributed by atoms with Crippen molar-refractivity contribution in [1.29, 1.82) is 0 Å².